The first kappa shape index (κ1) is 20.8. The average Bonchev–Trinajstić information content (AvgIpc) is 2.67. The summed E-state index contributed by atoms with van der Waals surface area (Å²) >= 11 is 0. The van der Waals surface area contributed by atoms with E-state index in [0.717, 1.165) is 0 Å². The highest BCUT2D eigenvalue weighted by Crippen LogP contribution is 2.23. The van der Waals surface area contributed by atoms with E-state index in [9.17, 15) is 22.4 Å². The molecule has 0 aromatic heterocycles. The van der Waals surface area contributed by atoms with Crippen LogP contribution in [-0.4, -0.2) is 36.5 Å². The monoisotopic (exact) mass is 412 g/mol. The van der Waals surface area contributed by atoms with Gasteiger partial charge in [0.25, 0.3) is 0 Å². The van der Waals surface area contributed by atoms with Gasteiger partial charge in [-0.1, -0.05) is 12.1 Å². The van der Waals surface area contributed by atoms with Crippen LogP contribution in [0.25, 0.3) is 0 Å². The molecule has 0 radical (unpaired) electrons. The molecule has 3 rings (SSSR count). The van der Waals surface area contributed by atoms with Gasteiger partial charge in [-0.25, -0.2) is 9.18 Å². The van der Waals surface area contributed by atoms with E-state index in [2.05, 4.69) is 10.1 Å². The van der Waals surface area contributed by atoms with Crippen molar-refractivity contribution in [3.8, 4) is 11.5 Å². The first-order valence-electron chi connectivity index (χ1n) is 9.08. The number of urea groups is 1. The molecule has 1 aliphatic heterocycles. The minimum Gasteiger partial charge on any atom is -0.490 e. The largest absolute Gasteiger partial charge is 0.573 e. The zero-order chi connectivity index (χ0) is 20.9. The van der Waals surface area contributed by atoms with Crippen molar-refractivity contribution in [2.75, 3.05) is 13.1 Å². The molecular weight excluding hydrogens is 392 g/mol. The Morgan fingerprint density at radius 3 is 2.41 bits per heavy atom. The van der Waals surface area contributed by atoms with Gasteiger partial charge in [-0.05, 0) is 42.0 Å². The smallest absolute Gasteiger partial charge is 0.490 e. The van der Waals surface area contributed by atoms with Gasteiger partial charge in [0.05, 0.1) is 0 Å². The van der Waals surface area contributed by atoms with E-state index in [1.165, 1.54) is 30.3 Å². The molecule has 1 saturated heterocycles. The number of rotatable bonds is 5. The number of hydrogen-bond acceptors (Lipinski definition) is 3. The van der Waals surface area contributed by atoms with Crippen LogP contribution >= 0.6 is 0 Å². The highest BCUT2D eigenvalue weighted by molar-refractivity contribution is 5.74. The zero-order valence-corrected chi connectivity index (χ0v) is 15.4. The lowest BCUT2D eigenvalue weighted by atomic mass is 10.1. The second kappa shape index (κ2) is 9.02. The SMILES string of the molecule is O=C(NCc1cccc(OC(F)(F)F)c1)N1CCC(Oc2ccc(F)cc2)CC1. The third kappa shape index (κ3) is 6.55. The molecule has 5 nitrogen and oxygen atoms in total. The summed E-state index contributed by atoms with van der Waals surface area (Å²) in [4.78, 5) is 13.9. The third-order valence-corrected chi connectivity index (χ3v) is 4.42. The first-order chi connectivity index (χ1) is 13.8. The lowest BCUT2D eigenvalue weighted by Crippen LogP contribution is -2.46. The van der Waals surface area contributed by atoms with E-state index < -0.39 is 6.36 Å². The molecule has 0 bridgehead atoms. The van der Waals surface area contributed by atoms with Gasteiger partial charge in [-0.2, -0.15) is 0 Å². The number of nitrogens with zero attached hydrogens (tertiary/aromatic N) is 1. The fourth-order valence-electron chi connectivity index (χ4n) is 3.02. The van der Waals surface area contributed by atoms with Crippen molar-refractivity contribution in [3.63, 3.8) is 0 Å². The normalized spacial score (nSPS) is 15.1. The molecule has 2 amide bonds. The van der Waals surface area contributed by atoms with E-state index in [1.807, 2.05) is 0 Å². The van der Waals surface area contributed by atoms with Crippen molar-refractivity contribution in [1.82, 2.24) is 10.2 Å². The molecule has 0 atom stereocenters. The molecule has 156 valence electrons. The van der Waals surface area contributed by atoms with Crippen LogP contribution in [0, 0.1) is 5.82 Å². The van der Waals surface area contributed by atoms with Gasteiger partial charge < -0.3 is 19.7 Å². The Kier molecular flexibility index (Phi) is 6.46. The first-order valence-corrected chi connectivity index (χ1v) is 9.08. The maximum Gasteiger partial charge on any atom is 0.573 e. The van der Waals surface area contributed by atoms with Crippen molar-refractivity contribution in [2.24, 2.45) is 0 Å². The summed E-state index contributed by atoms with van der Waals surface area (Å²) in [6, 6.07) is 10.9. The van der Waals surface area contributed by atoms with Crippen LogP contribution in [0.4, 0.5) is 22.4 Å². The number of halogens is 4. The van der Waals surface area contributed by atoms with Crippen molar-refractivity contribution in [3.05, 3.63) is 59.9 Å². The number of likely N-dealkylation sites (tertiary alicyclic amines) is 1. The molecule has 9 heteroatoms. The second-order valence-corrected chi connectivity index (χ2v) is 6.61. The van der Waals surface area contributed by atoms with Crippen molar-refractivity contribution < 1.29 is 31.8 Å². The molecule has 2 aromatic rings. The summed E-state index contributed by atoms with van der Waals surface area (Å²) in [5, 5.41) is 2.70. The minimum absolute atomic E-state index is 0.0688. The van der Waals surface area contributed by atoms with Gasteiger partial charge in [0.2, 0.25) is 0 Å². The van der Waals surface area contributed by atoms with Crippen LogP contribution in [0.5, 0.6) is 11.5 Å². The predicted molar refractivity (Wildman–Crippen MR) is 97.0 cm³/mol. The van der Waals surface area contributed by atoms with Crippen LogP contribution in [0.1, 0.15) is 18.4 Å². The Bertz CT molecular complexity index is 819. The number of ether oxygens (including phenoxy) is 2. The molecule has 29 heavy (non-hydrogen) atoms. The molecule has 2 aromatic carbocycles. The van der Waals surface area contributed by atoms with E-state index in [4.69, 9.17) is 4.74 Å². The van der Waals surface area contributed by atoms with E-state index in [1.54, 1.807) is 23.1 Å². The number of amides is 2. The quantitative estimate of drug-likeness (QED) is 0.737. The Balaban J connectivity index is 1.44. The Hall–Kier alpha value is -2.97. The van der Waals surface area contributed by atoms with Gasteiger partial charge in [0.15, 0.2) is 0 Å². The Morgan fingerprint density at radius 2 is 1.76 bits per heavy atom. The molecule has 1 N–H and O–H groups in total. The number of carbonyl (C=O) groups is 1. The zero-order valence-electron chi connectivity index (χ0n) is 15.4. The summed E-state index contributed by atoms with van der Waals surface area (Å²) < 4.78 is 59.5. The molecule has 1 aliphatic rings. The van der Waals surface area contributed by atoms with Crippen molar-refractivity contribution in [1.29, 1.82) is 0 Å². The van der Waals surface area contributed by atoms with E-state index >= 15 is 0 Å². The molecular formula is C20H20F4N2O3. The summed E-state index contributed by atoms with van der Waals surface area (Å²) in [6.07, 6.45) is -3.58. The number of benzene rings is 2. The van der Waals surface area contributed by atoms with Gasteiger partial charge in [0, 0.05) is 32.5 Å². The summed E-state index contributed by atoms with van der Waals surface area (Å²) in [7, 11) is 0. The number of alkyl halides is 3. The fraction of sp³-hybridized carbons (Fsp3) is 0.350. The fourth-order valence-corrected chi connectivity index (χ4v) is 3.02. The molecule has 0 unspecified atom stereocenters. The van der Waals surface area contributed by atoms with Gasteiger partial charge in [-0.3, -0.25) is 0 Å². The van der Waals surface area contributed by atoms with Crippen LogP contribution in [0.3, 0.4) is 0 Å². The maximum absolute atomic E-state index is 12.9. The molecule has 0 spiro atoms. The molecule has 0 aliphatic carbocycles. The topological polar surface area (TPSA) is 50.8 Å². The molecule has 1 heterocycles. The van der Waals surface area contributed by atoms with E-state index in [-0.39, 0.29) is 30.2 Å². The standard InChI is InChI=1S/C20H20F4N2O3/c21-15-4-6-16(7-5-15)28-17-8-10-26(11-9-17)19(27)25-13-14-2-1-3-18(12-14)29-20(22,23)24/h1-7,12,17H,8-11,13H2,(H,25,27). The third-order valence-electron chi connectivity index (χ3n) is 4.42. The van der Waals surface area contributed by atoms with Crippen LogP contribution in [0.2, 0.25) is 0 Å². The molecule has 0 saturated carbocycles. The number of nitrogens with one attached hydrogen (secondary N) is 1. The predicted octanol–water partition coefficient (Wildman–Crippen LogP) is 4.48. The average molecular weight is 412 g/mol. The Labute approximate surface area is 165 Å². The highest BCUT2D eigenvalue weighted by atomic mass is 19.4. The molecule has 1 fully saturated rings. The van der Waals surface area contributed by atoms with Crippen LogP contribution in [-0.2, 0) is 6.54 Å². The lowest BCUT2D eigenvalue weighted by Gasteiger charge is -2.32. The van der Waals surface area contributed by atoms with Crippen LogP contribution < -0.4 is 14.8 Å². The van der Waals surface area contributed by atoms with E-state index in [0.29, 0.717) is 37.2 Å². The van der Waals surface area contributed by atoms with Gasteiger partial charge in [0.1, 0.15) is 23.4 Å². The minimum atomic E-state index is -4.76. The summed E-state index contributed by atoms with van der Waals surface area (Å²) in [6.45, 7) is 1.05. The lowest BCUT2D eigenvalue weighted by molar-refractivity contribution is -0.274. The van der Waals surface area contributed by atoms with Crippen LogP contribution in [0.15, 0.2) is 48.5 Å². The van der Waals surface area contributed by atoms with Crippen molar-refractivity contribution in [2.45, 2.75) is 31.9 Å². The Morgan fingerprint density at radius 1 is 1.07 bits per heavy atom. The highest BCUT2D eigenvalue weighted by Gasteiger charge is 2.31. The number of hydrogen-bond donors (Lipinski definition) is 1. The number of piperidine rings is 1. The maximum atomic E-state index is 12.9. The summed E-state index contributed by atoms with van der Waals surface area (Å²) in [5.41, 5.74) is 0.495. The van der Waals surface area contributed by atoms with Gasteiger partial charge >= 0.3 is 12.4 Å². The van der Waals surface area contributed by atoms with Gasteiger partial charge in [-0.15, -0.1) is 13.2 Å². The van der Waals surface area contributed by atoms with Crippen molar-refractivity contribution >= 4 is 6.03 Å². The second-order valence-electron chi connectivity index (χ2n) is 6.61. The number of carbonyl (C=O) groups excluding carboxylic acids is 1. The summed E-state index contributed by atoms with van der Waals surface area (Å²) in [5.74, 6) is -0.0855.